The molecule has 8 aromatic carbocycles. The number of nitrogens with zero attached hydrogens (tertiary/aromatic N) is 2. The summed E-state index contributed by atoms with van der Waals surface area (Å²) in [6.45, 7) is 0. The Morgan fingerprint density at radius 3 is 1.56 bits per heavy atom. The van der Waals surface area contributed by atoms with E-state index in [1.165, 1.54) is 91.8 Å². The van der Waals surface area contributed by atoms with E-state index in [1.54, 1.807) is 0 Å². The maximum atomic E-state index is 2.42. The van der Waals surface area contributed by atoms with Crippen LogP contribution in [0.15, 0.2) is 188 Å². The van der Waals surface area contributed by atoms with Crippen molar-refractivity contribution in [2.45, 2.75) is 31.6 Å². The quantitative estimate of drug-likeness (QED) is 0.160. The smallest absolute Gasteiger partial charge is 0.0541 e. The molecule has 11 rings (SSSR count). The Hall–Kier alpha value is -6.38. The molecule has 2 bridgehead atoms. The summed E-state index contributed by atoms with van der Waals surface area (Å²) < 4.78 is 2.39. The lowest BCUT2D eigenvalue weighted by molar-refractivity contribution is 0.420. The molecule has 3 atom stereocenters. The topological polar surface area (TPSA) is 8.17 Å². The second kappa shape index (κ2) is 13.2. The normalized spacial score (nSPS) is 17.7. The second-order valence-electron chi connectivity index (χ2n) is 15.7. The van der Waals surface area contributed by atoms with Gasteiger partial charge in [0, 0.05) is 33.5 Å². The fraction of sp³-hybridized carbons (Fsp3) is 0.132. The van der Waals surface area contributed by atoms with Crippen molar-refractivity contribution in [3.63, 3.8) is 0 Å². The number of hydrogen-bond acceptors (Lipinski definition) is 1. The Bertz CT molecular complexity index is 2750. The van der Waals surface area contributed by atoms with Gasteiger partial charge in [-0.15, -0.1) is 0 Å². The number of fused-ring (bicyclic) bond motifs is 6. The van der Waals surface area contributed by atoms with Crippen molar-refractivity contribution in [1.29, 1.82) is 0 Å². The fourth-order valence-electron chi connectivity index (χ4n) is 10.2. The number of aromatic nitrogens is 1. The molecule has 2 heteroatoms. The third kappa shape index (κ3) is 5.47. The average molecular weight is 707 g/mol. The van der Waals surface area contributed by atoms with Gasteiger partial charge in [-0.05, 0) is 136 Å². The highest BCUT2D eigenvalue weighted by Crippen LogP contribution is 2.53. The molecule has 3 unspecified atom stereocenters. The molecule has 2 saturated carbocycles. The lowest BCUT2D eigenvalue weighted by Gasteiger charge is -2.27. The minimum atomic E-state index is 0.715. The molecule has 2 nitrogen and oxygen atoms in total. The van der Waals surface area contributed by atoms with Crippen LogP contribution in [0.5, 0.6) is 0 Å². The van der Waals surface area contributed by atoms with Crippen LogP contribution >= 0.6 is 0 Å². The molecule has 2 fully saturated rings. The Balaban J connectivity index is 1.00. The molecule has 0 aliphatic heterocycles. The van der Waals surface area contributed by atoms with Crippen molar-refractivity contribution in [2.75, 3.05) is 4.90 Å². The highest BCUT2D eigenvalue weighted by molar-refractivity contribution is 6.09. The van der Waals surface area contributed by atoms with E-state index in [1.807, 2.05) is 0 Å². The van der Waals surface area contributed by atoms with Gasteiger partial charge < -0.3 is 9.47 Å². The van der Waals surface area contributed by atoms with Crippen molar-refractivity contribution >= 4 is 49.6 Å². The molecule has 1 aromatic heterocycles. The molecule has 1 heterocycles. The van der Waals surface area contributed by atoms with Crippen molar-refractivity contribution in [3.8, 4) is 27.9 Å². The van der Waals surface area contributed by atoms with Gasteiger partial charge in [-0.25, -0.2) is 0 Å². The number of rotatable bonds is 7. The third-order valence-corrected chi connectivity index (χ3v) is 12.7. The molecule has 0 N–H and O–H groups in total. The van der Waals surface area contributed by atoms with Crippen LogP contribution in [-0.4, -0.2) is 4.57 Å². The Kier molecular flexibility index (Phi) is 7.69. The first-order valence-electron chi connectivity index (χ1n) is 19.9. The van der Waals surface area contributed by atoms with E-state index in [-0.39, 0.29) is 0 Å². The van der Waals surface area contributed by atoms with Crippen LogP contribution in [0.1, 0.15) is 37.2 Å². The second-order valence-corrected chi connectivity index (χ2v) is 15.7. The van der Waals surface area contributed by atoms with E-state index >= 15 is 0 Å². The summed E-state index contributed by atoms with van der Waals surface area (Å²) in [5, 5.41) is 5.10. The van der Waals surface area contributed by atoms with Gasteiger partial charge >= 0.3 is 0 Å². The Morgan fingerprint density at radius 1 is 0.436 bits per heavy atom. The predicted molar refractivity (Wildman–Crippen MR) is 232 cm³/mol. The van der Waals surface area contributed by atoms with Gasteiger partial charge in [-0.2, -0.15) is 0 Å². The predicted octanol–water partition coefficient (Wildman–Crippen LogP) is 14.6. The molecule has 9 aromatic rings. The van der Waals surface area contributed by atoms with Gasteiger partial charge in [0.1, 0.15) is 0 Å². The average Bonchev–Trinajstić information content (AvgIpc) is 3.99. The summed E-state index contributed by atoms with van der Waals surface area (Å²) in [7, 11) is 0. The van der Waals surface area contributed by atoms with Gasteiger partial charge in [0.05, 0.1) is 11.0 Å². The van der Waals surface area contributed by atoms with E-state index in [9.17, 15) is 0 Å². The molecule has 264 valence electrons. The lowest BCUT2D eigenvalue weighted by Crippen LogP contribution is -2.11. The number of hydrogen-bond donors (Lipinski definition) is 0. The standard InChI is InChI=1S/C53H42N2/c1-2-10-37(11-3-1)46-16-8-12-40-13-9-17-47(53(40)46)38-22-26-42(27-23-38)54(43-28-24-39(25-29-43)50-35-36-20-21-41(50)34-36)44-30-32-45(33-31-44)55-51-18-6-4-14-48(51)49-15-5-7-19-52(49)55/h1-19,22-33,36,41,50H,20-21,34-35H2. The van der Waals surface area contributed by atoms with Crippen LogP contribution < -0.4 is 4.90 Å². The van der Waals surface area contributed by atoms with Crippen LogP contribution in [0.25, 0.3) is 60.5 Å². The monoisotopic (exact) mass is 706 g/mol. The van der Waals surface area contributed by atoms with Gasteiger partial charge in [0.2, 0.25) is 0 Å². The van der Waals surface area contributed by atoms with E-state index < -0.39 is 0 Å². The summed E-state index contributed by atoms with van der Waals surface area (Å²) in [5.41, 5.74) is 13.6. The van der Waals surface area contributed by atoms with Crippen molar-refractivity contribution in [3.05, 3.63) is 194 Å². The van der Waals surface area contributed by atoms with Crippen LogP contribution in [0.4, 0.5) is 17.1 Å². The van der Waals surface area contributed by atoms with Crippen LogP contribution in [-0.2, 0) is 0 Å². The van der Waals surface area contributed by atoms with E-state index in [0.717, 1.165) is 28.9 Å². The number of para-hydroxylation sites is 2. The van der Waals surface area contributed by atoms with Crippen LogP contribution in [0.2, 0.25) is 0 Å². The molecule has 2 aliphatic carbocycles. The van der Waals surface area contributed by atoms with E-state index in [2.05, 4.69) is 198 Å². The highest BCUT2D eigenvalue weighted by Gasteiger charge is 2.40. The van der Waals surface area contributed by atoms with E-state index in [4.69, 9.17) is 0 Å². The van der Waals surface area contributed by atoms with Crippen LogP contribution in [0.3, 0.4) is 0 Å². The zero-order valence-corrected chi connectivity index (χ0v) is 30.9. The largest absolute Gasteiger partial charge is 0.311 e. The molecule has 0 saturated heterocycles. The first-order chi connectivity index (χ1) is 27.3. The highest BCUT2D eigenvalue weighted by atomic mass is 15.1. The molecular weight excluding hydrogens is 665 g/mol. The molecule has 0 amide bonds. The molecular formula is C53H42N2. The van der Waals surface area contributed by atoms with Gasteiger partial charge in [0.15, 0.2) is 0 Å². The van der Waals surface area contributed by atoms with Gasteiger partial charge in [-0.3, -0.25) is 0 Å². The zero-order valence-electron chi connectivity index (χ0n) is 30.9. The Morgan fingerprint density at radius 2 is 0.982 bits per heavy atom. The first kappa shape index (κ1) is 32.1. The summed E-state index contributed by atoms with van der Waals surface area (Å²) in [6.07, 6.45) is 5.61. The Labute approximate surface area is 322 Å². The molecule has 0 spiro atoms. The maximum absolute atomic E-state index is 2.42. The van der Waals surface area contributed by atoms with E-state index in [0.29, 0.717) is 5.92 Å². The minimum absolute atomic E-state index is 0.715. The lowest BCUT2D eigenvalue weighted by atomic mass is 9.83. The van der Waals surface area contributed by atoms with Gasteiger partial charge in [-0.1, -0.05) is 134 Å². The SMILES string of the molecule is c1ccc(-c2cccc3cccc(-c4ccc(N(c5ccc(C6CC7CCC6C7)cc5)c5ccc(-n6c7ccccc7c7ccccc76)cc5)cc4)c23)cc1. The molecule has 55 heavy (non-hydrogen) atoms. The van der Waals surface area contributed by atoms with Crippen molar-refractivity contribution in [1.82, 2.24) is 4.57 Å². The third-order valence-electron chi connectivity index (χ3n) is 12.7. The summed E-state index contributed by atoms with van der Waals surface area (Å²) in [6, 6.07) is 69.4. The van der Waals surface area contributed by atoms with Crippen molar-refractivity contribution in [2.24, 2.45) is 11.8 Å². The summed E-state index contributed by atoms with van der Waals surface area (Å²) in [5.74, 6) is 2.51. The van der Waals surface area contributed by atoms with Crippen LogP contribution in [0, 0.1) is 11.8 Å². The number of benzene rings is 8. The molecule has 0 radical (unpaired) electrons. The minimum Gasteiger partial charge on any atom is -0.311 e. The zero-order chi connectivity index (χ0) is 36.3. The summed E-state index contributed by atoms with van der Waals surface area (Å²) >= 11 is 0. The molecule has 2 aliphatic rings. The van der Waals surface area contributed by atoms with Crippen molar-refractivity contribution < 1.29 is 0 Å². The first-order valence-corrected chi connectivity index (χ1v) is 19.9. The fourth-order valence-corrected chi connectivity index (χ4v) is 10.2. The van der Waals surface area contributed by atoms with Gasteiger partial charge in [0.25, 0.3) is 0 Å². The number of anilines is 3. The maximum Gasteiger partial charge on any atom is 0.0541 e. The summed E-state index contributed by atoms with van der Waals surface area (Å²) in [4.78, 5) is 2.42.